The van der Waals surface area contributed by atoms with E-state index >= 15 is 0 Å². The number of hydrogen-bond acceptors (Lipinski definition) is 5. The highest BCUT2D eigenvalue weighted by atomic mass is 16.6. The van der Waals surface area contributed by atoms with E-state index in [4.69, 9.17) is 15.6 Å². The summed E-state index contributed by atoms with van der Waals surface area (Å²) in [6, 6.07) is 4.59. The van der Waals surface area contributed by atoms with Crippen LogP contribution in [0.25, 0.3) is 0 Å². The first-order valence-corrected chi connectivity index (χ1v) is 4.65. The van der Waals surface area contributed by atoms with Crippen LogP contribution in [0.4, 0.5) is 5.69 Å². The fourth-order valence-corrected chi connectivity index (χ4v) is 1.42. The number of aliphatic hydroxyl groups is 1. The molecule has 88 valence electrons. The number of ether oxygens (including phenoxy) is 1. The lowest BCUT2D eigenvalue weighted by Crippen LogP contribution is -2.37. The molecule has 1 aromatic rings. The normalized spacial score (nSPS) is 14.2. The summed E-state index contributed by atoms with van der Waals surface area (Å²) in [6.07, 6.45) is 0. The number of aliphatic hydroxyl groups excluding tert-OH is 1. The second kappa shape index (κ2) is 4.46. The number of methoxy groups -OCH3 is 1. The molecule has 1 unspecified atom stereocenters. The van der Waals surface area contributed by atoms with Crippen LogP contribution in [0.1, 0.15) is 12.5 Å². The van der Waals surface area contributed by atoms with Crippen LogP contribution in [0.2, 0.25) is 0 Å². The largest absolute Gasteiger partial charge is 0.490 e. The van der Waals surface area contributed by atoms with E-state index in [1.54, 1.807) is 6.07 Å². The predicted molar refractivity (Wildman–Crippen MR) is 58.3 cm³/mol. The molecule has 0 aliphatic carbocycles. The molecule has 0 aliphatic heterocycles. The van der Waals surface area contributed by atoms with Gasteiger partial charge >= 0.3 is 5.69 Å². The monoisotopic (exact) mass is 226 g/mol. The van der Waals surface area contributed by atoms with Crippen molar-refractivity contribution in [3.05, 3.63) is 33.9 Å². The predicted octanol–water partition coefficient (Wildman–Crippen LogP) is 0.770. The maximum Gasteiger partial charge on any atom is 0.315 e. The summed E-state index contributed by atoms with van der Waals surface area (Å²) >= 11 is 0. The molecule has 0 aliphatic rings. The molecular weight excluding hydrogens is 212 g/mol. The van der Waals surface area contributed by atoms with Gasteiger partial charge in [-0.3, -0.25) is 10.1 Å². The summed E-state index contributed by atoms with van der Waals surface area (Å²) < 4.78 is 4.91. The summed E-state index contributed by atoms with van der Waals surface area (Å²) in [6.45, 7) is 1.13. The lowest BCUT2D eigenvalue weighted by atomic mass is 9.92. The third-order valence-corrected chi connectivity index (χ3v) is 2.35. The standard InChI is InChI=1S/C10H14N2O4/c1-10(11,6-13)7-4-3-5-8(16-2)9(7)12(14)15/h3-5,13H,6,11H2,1-2H3. The van der Waals surface area contributed by atoms with Gasteiger partial charge in [-0.2, -0.15) is 0 Å². The van der Waals surface area contributed by atoms with E-state index in [2.05, 4.69) is 0 Å². The van der Waals surface area contributed by atoms with E-state index in [1.807, 2.05) is 0 Å². The maximum absolute atomic E-state index is 11.0. The van der Waals surface area contributed by atoms with Crippen molar-refractivity contribution in [1.29, 1.82) is 0 Å². The highest BCUT2D eigenvalue weighted by Gasteiger charge is 2.31. The smallest absolute Gasteiger partial charge is 0.315 e. The van der Waals surface area contributed by atoms with Crippen LogP contribution in [-0.4, -0.2) is 23.7 Å². The molecule has 0 bridgehead atoms. The minimum Gasteiger partial charge on any atom is -0.490 e. The van der Waals surface area contributed by atoms with Crippen LogP contribution in [-0.2, 0) is 5.54 Å². The van der Waals surface area contributed by atoms with E-state index in [1.165, 1.54) is 26.2 Å². The molecule has 16 heavy (non-hydrogen) atoms. The van der Waals surface area contributed by atoms with Crippen LogP contribution in [0.15, 0.2) is 18.2 Å². The topological polar surface area (TPSA) is 98.6 Å². The Hall–Kier alpha value is -1.66. The Morgan fingerprint density at radius 3 is 2.69 bits per heavy atom. The summed E-state index contributed by atoms with van der Waals surface area (Å²) in [5.74, 6) is 0.132. The number of benzene rings is 1. The van der Waals surface area contributed by atoms with Gasteiger partial charge < -0.3 is 15.6 Å². The van der Waals surface area contributed by atoms with Crippen molar-refractivity contribution in [1.82, 2.24) is 0 Å². The van der Waals surface area contributed by atoms with Crippen LogP contribution >= 0.6 is 0 Å². The highest BCUT2D eigenvalue weighted by Crippen LogP contribution is 2.35. The number of nitro groups is 1. The molecule has 1 rings (SSSR count). The molecule has 1 atom stereocenters. The van der Waals surface area contributed by atoms with Gasteiger partial charge in [-0.15, -0.1) is 0 Å². The average Bonchev–Trinajstić information content (AvgIpc) is 2.27. The fourth-order valence-electron chi connectivity index (χ4n) is 1.42. The molecule has 6 nitrogen and oxygen atoms in total. The summed E-state index contributed by atoms with van der Waals surface area (Å²) in [5, 5.41) is 20.1. The minimum atomic E-state index is -1.17. The quantitative estimate of drug-likeness (QED) is 0.583. The third kappa shape index (κ3) is 2.12. The van der Waals surface area contributed by atoms with Crippen molar-refractivity contribution < 1.29 is 14.8 Å². The van der Waals surface area contributed by atoms with Crippen LogP contribution < -0.4 is 10.5 Å². The van der Waals surface area contributed by atoms with Gasteiger partial charge in [0.2, 0.25) is 0 Å². The Bertz CT molecular complexity index is 404. The zero-order chi connectivity index (χ0) is 12.3. The third-order valence-electron chi connectivity index (χ3n) is 2.35. The summed E-state index contributed by atoms with van der Waals surface area (Å²) in [5.41, 5.74) is 4.66. The second-order valence-corrected chi connectivity index (χ2v) is 3.69. The molecule has 0 heterocycles. The van der Waals surface area contributed by atoms with Gasteiger partial charge in [-0.1, -0.05) is 6.07 Å². The van der Waals surface area contributed by atoms with Crippen molar-refractivity contribution in [3.63, 3.8) is 0 Å². The Balaban J connectivity index is 3.45. The fraction of sp³-hybridized carbons (Fsp3) is 0.400. The second-order valence-electron chi connectivity index (χ2n) is 3.69. The van der Waals surface area contributed by atoms with Gasteiger partial charge in [-0.05, 0) is 19.1 Å². The first-order chi connectivity index (χ1) is 7.44. The molecular formula is C10H14N2O4. The molecule has 0 aromatic heterocycles. The Morgan fingerprint density at radius 2 is 2.25 bits per heavy atom. The summed E-state index contributed by atoms with van der Waals surface area (Å²) in [4.78, 5) is 10.4. The zero-order valence-corrected chi connectivity index (χ0v) is 9.14. The molecule has 0 saturated heterocycles. The van der Waals surface area contributed by atoms with Crippen molar-refractivity contribution in [3.8, 4) is 5.75 Å². The first-order valence-electron chi connectivity index (χ1n) is 4.65. The molecule has 0 radical (unpaired) electrons. The van der Waals surface area contributed by atoms with Crippen molar-refractivity contribution >= 4 is 5.69 Å². The van der Waals surface area contributed by atoms with Gasteiger partial charge in [0.05, 0.1) is 29.7 Å². The van der Waals surface area contributed by atoms with E-state index in [0.29, 0.717) is 0 Å². The van der Waals surface area contributed by atoms with Gasteiger partial charge in [0, 0.05) is 0 Å². The van der Waals surface area contributed by atoms with Gasteiger partial charge in [0.15, 0.2) is 5.75 Å². The molecule has 0 saturated carbocycles. The van der Waals surface area contributed by atoms with Gasteiger partial charge in [0.1, 0.15) is 0 Å². The van der Waals surface area contributed by atoms with E-state index in [0.717, 1.165) is 0 Å². The number of hydrogen-bond donors (Lipinski definition) is 2. The molecule has 0 spiro atoms. The summed E-state index contributed by atoms with van der Waals surface area (Å²) in [7, 11) is 1.35. The lowest BCUT2D eigenvalue weighted by Gasteiger charge is -2.22. The highest BCUT2D eigenvalue weighted by molar-refractivity contribution is 5.55. The zero-order valence-electron chi connectivity index (χ0n) is 9.14. The number of para-hydroxylation sites is 1. The number of nitro benzene ring substituents is 1. The Morgan fingerprint density at radius 1 is 1.62 bits per heavy atom. The van der Waals surface area contributed by atoms with Crippen molar-refractivity contribution in [2.45, 2.75) is 12.5 Å². The lowest BCUT2D eigenvalue weighted by molar-refractivity contribution is -0.387. The van der Waals surface area contributed by atoms with Crippen LogP contribution in [0.3, 0.4) is 0 Å². The average molecular weight is 226 g/mol. The van der Waals surface area contributed by atoms with E-state index in [-0.39, 0.29) is 23.6 Å². The van der Waals surface area contributed by atoms with Gasteiger partial charge in [-0.25, -0.2) is 0 Å². The molecule has 6 heteroatoms. The molecule has 1 aromatic carbocycles. The first kappa shape index (κ1) is 12.4. The SMILES string of the molecule is COc1cccc(C(C)(N)CO)c1[N+](=O)[O-]. The van der Waals surface area contributed by atoms with Gasteiger partial charge in [0.25, 0.3) is 0 Å². The number of rotatable bonds is 4. The number of nitrogens with two attached hydrogens (primary N) is 1. The van der Waals surface area contributed by atoms with Crippen molar-refractivity contribution in [2.24, 2.45) is 5.73 Å². The molecule has 0 fully saturated rings. The maximum atomic E-state index is 11.0. The minimum absolute atomic E-state index is 0.132. The van der Waals surface area contributed by atoms with Crippen molar-refractivity contribution in [2.75, 3.05) is 13.7 Å². The Kier molecular flexibility index (Phi) is 3.46. The molecule has 0 amide bonds. The van der Waals surface area contributed by atoms with Crippen LogP contribution in [0.5, 0.6) is 5.75 Å². The molecule has 3 N–H and O–H groups in total. The van der Waals surface area contributed by atoms with Crippen LogP contribution in [0, 0.1) is 10.1 Å². The van der Waals surface area contributed by atoms with E-state index in [9.17, 15) is 10.1 Å². The Labute approximate surface area is 92.8 Å². The van der Waals surface area contributed by atoms with E-state index < -0.39 is 10.5 Å². The number of nitrogens with zero attached hydrogens (tertiary/aromatic N) is 1.